The molecule has 0 bridgehead atoms. The van der Waals surface area contributed by atoms with Crippen LogP contribution in [0, 0.1) is 10.1 Å². The van der Waals surface area contributed by atoms with Gasteiger partial charge in [0.25, 0.3) is 0 Å². The van der Waals surface area contributed by atoms with E-state index in [-0.39, 0.29) is 5.69 Å². The number of nitrogens with one attached hydrogen (secondary N) is 2. The molecule has 0 aliphatic heterocycles. The molecular formula is C15H23N3O3. The van der Waals surface area contributed by atoms with Gasteiger partial charge >= 0.3 is 5.69 Å². The first-order valence-electron chi connectivity index (χ1n) is 7.59. The molecule has 2 N–H and O–H groups in total. The minimum Gasteiger partial charge on any atom is -0.487 e. The average molecular weight is 293 g/mol. The normalized spacial score (nSPS) is 14.0. The monoisotopic (exact) mass is 293 g/mol. The second kappa shape index (κ2) is 7.83. The first-order chi connectivity index (χ1) is 10.2. The largest absolute Gasteiger partial charge is 0.487 e. The van der Waals surface area contributed by atoms with E-state index in [1.807, 2.05) is 6.92 Å². The molecule has 0 atom stereocenters. The first-order valence-corrected chi connectivity index (χ1v) is 7.59. The summed E-state index contributed by atoms with van der Waals surface area (Å²) in [7, 11) is 0. The van der Waals surface area contributed by atoms with Crippen molar-refractivity contribution in [2.75, 3.05) is 25.0 Å². The van der Waals surface area contributed by atoms with E-state index in [4.69, 9.17) is 4.74 Å². The Kier molecular flexibility index (Phi) is 5.80. The molecule has 0 spiro atoms. The molecule has 0 unspecified atom stereocenters. The Morgan fingerprint density at radius 3 is 2.86 bits per heavy atom. The predicted octanol–water partition coefficient (Wildman–Crippen LogP) is 2.94. The zero-order valence-electron chi connectivity index (χ0n) is 12.4. The maximum Gasteiger partial charge on any atom is 0.311 e. The van der Waals surface area contributed by atoms with Gasteiger partial charge < -0.3 is 15.4 Å². The number of nitrogens with zero attached hydrogens (tertiary/aromatic N) is 1. The third kappa shape index (κ3) is 5.23. The van der Waals surface area contributed by atoms with Crippen molar-refractivity contribution in [1.29, 1.82) is 0 Å². The standard InChI is InChI=1S/C15H23N3O3/c1-2-10-21-15-11-13(6-7-14(15)18(19)20)17-9-3-8-16-12-4-5-12/h6-7,11-12,16-17H,2-5,8-10H2,1H3. The molecule has 0 heterocycles. The Hall–Kier alpha value is -1.82. The third-order valence-electron chi connectivity index (χ3n) is 3.31. The summed E-state index contributed by atoms with van der Waals surface area (Å²) < 4.78 is 5.46. The van der Waals surface area contributed by atoms with Crippen LogP contribution in [0.1, 0.15) is 32.6 Å². The number of nitro benzene ring substituents is 1. The van der Waals surface area contributed by atoms with Crippen LogP contribution in [0.3, 0.4) is 0 Å². The summed E-state index contributed by atoms with van der Waals surface area (Å²) in [5.41, 5.74) is 0.877. The van der Waals surface area contributed by atoms with Gasteiger partial charge in [-0.2, -0.15) is 0 Å². The minimum absolute atomic E-state index is 0.0180. The van der Waals surface area contributed by atoms with E-state index in [0.29, 0.717) is 12.4 Å². The van der Waals surface area contributed by atoms with E-state index in [1.165, 1.54) is 18.9 Å². The van der Waals surface area contributed by atoms with Gasteiger partial charge in [-0.25, -0.2) is 0 Å². The lowest BCUT2D eigenvalue weighted by Gasteiger charge is -2.10. The maximum atomic E-state index is 11.0. The van der Waals surface area contributed by atoms with Crippen molar-refractivity contribution in [2.45, 2.75) is 38.6 Å². The van der Waals surface area contributed by atoms with Gasteiger partial charge in [-0.3, -0.25) is 10.1 Å². The number of hydrogen-bond donors (Lipinski definition) is 2. The third-order valence-corrected chi connectivity index (χ3v) is 3.31. The maximum absolute atomic E-state index is 11.0. The van der Waals surface area contributed by atoms with Crippen LogP contribution in [0.15, 0.2) is 18.2 Å². The number of anilines is 1. The minimum atomic E-state index is -0.408. The van der Waals surface area contributed by atoms with Gasteiger partial charge in [-0.05, 0) is 38.3 Å². The highest BCUT2D eigenvalue weighted by Gasteiger charge is 2.19. The summed E-state index contributed by atoms with van der Waals surface area (Å²) in [5.74, 6) is 0.336. The molecule has 116 valence electrons. The zero-order valence-corrected chi connectivity index (χ0v) is 12.4. The van der Waals surface area contributed by atoms with Crippen molar-refractivity contribution in [3.05, 3.63) is 28.3 Å². The molecule has 1 saturated carbocycles. The van der Waals surface area contributed by atoms with Crippen LogP contribution in [0.25, 0.3) is 0 Å². The van der Waals surface area contributed by atoms with Crippen LogP contribution >= 0.6 is 0 Å². The smallest absolute Gasteiger partial charge is 0.311 e. The highest BCUT2D eigenvalue weighted by molar-refractivity contribution is 5.57. The van der Waals surface area contributed by atoms with Crippen LogP contribution in [-0.4, -0.2) is 30.7 Å². The van der Waals surface area contributed by atoms with Crippen LogP contribution in [0.4, 0.5) is 11.4 Å². The molecule has 2 rings (SSSR count). The number of ether oxygens (including phenoxy) is 1. The van der Waals surface area contributed by atoms with E-state index < -0.39 is 4.92 Å². The molecule has 0 saturated heterocycles. The fourth-order valence-electron chi connectivity index (χ4n) is 2.02. The molecule has 6 nitrogen and oxygen atoms in total. The van der Waals surface area contributed by atoms with Crippen molar-refractivity contribution in [3.63, 3.8) is 0 Å². The van der Waals surface area contributed by atoms with Crippen molar-refractivity contribution in [3.8, 4) is 5.75 Å². The Labute approximate surface area is 125 Å². The SMILES string of the molecule is CCCOc1cc(NCCCNC2CC2)ccc1[N+](=O)[O-]. The molecular weight excluding hydrogens is 270 g/mol. The van der Waals surface area contributed by atoms with Gasteiger partial charge in [0.05, 0.1) is 11.5 Å². The highest BCUT2D eigenvalue weighted by atomic mass is 16.6. The summed E-state index contributed by atoms with van der Waals surface area (Å²) in [5, 5.41) is 17.7. The average Bonchev–Trinajstić information content (AvgIpc) is 3.28. The number of nitro groups is 1. The van der Waals surface area contributed by atoms with Gasteiger partial charge in [0.15, 0.2) is 5.75 Å². The van der Waals surface area contributed by atoms with Crippen LogP contribution in [-0.2, 0) is 0 Å². The number of benzene rings is 1. The fourth-order valence-corrected chi connectivity index (χ4v) is 2.02. The molecule has 1 aliphatic rings. The van der Waals surface area contributed by atoms with E-state index in [0.717, 1.165) is 37.7 Å². The molecule has 1 aliphatic carbocycles. The summed E-state index contributed by atoms with van der Waals surface area (Å²) in [4.78, 5) is 10.6. The molecule has 0 radical (unpaired) electrons. The van der Waals surface area contributed by atoms with E-state index in [9.17, 15) is 10.1 Å². The van der Waals surface area contributed by atoms with E-state index >= 15 is 0 Å². The first kappa shape index (κ1) is 15.6. The van der Waals surface area contributed by atoms with Crippen LogP contribution in [0.2, 0.25) is 0 Å². The fraction of sp³-hybridized carbons (Fsp3) is 0.600. The molecule has 1 fully saturated rings. The predicted molar refractivity (Wildman–Crippen MR) is 83.0 cm³/mol. The Morgan fingerprint density at radius 2 is 2.19 bits per heavy atom. The van der Waals surface area contributed by atoms with Crippen LogP contribution < -0.4 is 15.4 Å². The Morgan fingerprint density at radius 1 is 1.38 bits per heavy atom. The van der Waals surface area contributed by atoms with Gasteiger partial charge in [0, 0.05) is 30.4 Å². The molecule has 1 aromatic carbocycles. The summed E-state index contributed by atoms with van der Waals surface area (Å²) >= 11 is 0. The second-order valence-corrected chi connectivity index (χ2v) is 5.30. The summed E-state index contributed by atoms with van der Waals surface area (Å²) in [6, 6.07) is 5.67. The molecule has 0 aromatic heterocycles. The van der Waals surface area contributed by atoms with Crippen molar-refractivity contribution in [1.82, 2.24) is 5.32 Å². The molecule has 21 heavy (non-hydrogen) atoms. The Balaban J connectivity index is 1.84. The van der Waals surface area contributed by atoms with Gasteiger partial charge in [0.2, 0.25) is 0 Å². The Bertz CT molecular complexity index is 475. The van der Waals surface area contributed by atoms with Crippen molar-refractivity contribution >= 4 is 11.4 Å². The summed E-state index contributed by atoms with van der Waals surface area (Å²) in [6.07, 6.45) is 4.45. The van der Waals surface area contributed by atoms with Crippen molar-refractivity contribution < 1.29 is 9.66 Å². The van der Waals surface area contributed by atoms with Gasteiger partial charge in [-0.15, -0.1) is 0 Å². The summed E-state index contributed by atoms with van der Waals surface area (Å²) in [6.45, 7) is 4.30. The van der Waals surface area contributed by atoms with Crippen molar-refractivity contribution in [2.24, 2.45) is 0 Å². The molecule has 1 aromatic rings. The second-order valence-electron chi connectivity index (χ2n) is 5.30. The van der Waals surface area contributed by atoms with Gasteiger partial charge in [0.1, 0.15) is 0 Å². The highest BCUT2D eigenvalue weighted by Crippen LogP contribution is 2.30. The zero-order chi connectivity index (χ0) is 15.1. The lowest BCUT2D eigenvalue weighted by molar-refractivity contribution is -0.385. The lowest BCUT2D eigenvalue weighted by Crippen LogP contribution is -2.19. The van der Waals surface area contributed by atoms with E-state index in [2.05, 4.69) is 10.6 Å². The van der Waals surface area contributed by atoms with Crippen LogP contribution in [0.5, 0.6) is 5.75 Å². The van der Waals surface area contributed by atoms with Gasteiger partial charge in [-0.1, -0.05) is 6.92 Å². The van der Waals surface area contributed by atoms with E-state index in [1.54, 1.807) is 12.1 Å². The topological polar surface area (TPSA) is 76.4 Å². The number of hydrogen-bond acceptors (Lipinski definition) is 5. The quantitative estimate of drug-likeness (QED) is 0.394. The lowest BCUT2D eigenvalue weighted by atomic mass is 10.2. The molecule has 6 heteroatoms. The molecule has 0 amide bonds. The number of rotatable bonds is 10.